The van der Waals surface area contributed by atoms with Crippen LogP contribution in [-0.4, -0.2) is 49.3 Å². The number of aliphatic imine (C=N–C) groups is 1. The maximum absolute atomic E-state index is 10.1. The van der Waals surface area contributed by atoms with Crippen LogP contribution >= 0.6 is 35.6 Å². The lowest BCUT2D eigenvalue weighted by Gasteiger charge is -2.22. The molecule has 26 heavy (non-hydrogen) atoms. The van der Waals surface area contributed by atoms with Crippen molar-refractivity contribution < 1.29 is 14.3 Å². The Balaban J connectivity index is 0.00000338. The van der Waals surface area contributed by atoms with Gasteiger partial charge in [0.1, 0.15) is 24.2 Å². The fourth-order valence-electron chi connectivity index (χ4n) is 2.15. The molecule has 0 saturated carbocycles. The minimum Gasteiger partial charge on any atom is -0.492 e. The van der Waals surface area contributed by atoms with Gasteiger partial charge in [-0.1, -0.05) is 11.6 Å². The zero-order chi connectivity index (χ0) is 18.1. The van der Waals surface area contributed by atoms with Gasteiger partial charge in [-0.15, -0.1) is 24.0 Å². The number of aliphatic hydroxyl groups is 1. The van der Waals surface area contributed by atoms with Crippen LogP contribution in [0.15, 0.2) is 52.1 Å². The largest absolute Gasteiger partial charge is 0.492 e. The summed E-state index contributed by atoms with van der Waals surface area (Å²) in [5, 5.41) is 14.0. The summed E-state index contributed by atoms with van der Waals surface area (Å²) in [6, 6.07) is 10.7. The molecule has 0 aliphatic carbocycles. The second kappa shape index (κ2) is 12.0. The zero-order valence-electron chi connectivity index (χ0n) is 14.9. The van der Waals surface area contributed by atoms with Crippen LogP contribution < -0.4 is 10.1 Å². The molecule has 6 nitrogen and oxygen atoms in total. The number of benzene rings is 1. The third kappa shape index (κ3) is 7.43. The topological polar surface area (TPSA) is 70.2 Å². The Hall–Kier alpha value is -1.45. The van der Waals surface area contributed by atoms with E-state index < -0.39 is 6.10 Å². The smallest absolute Gasteiger partial charge is 0.193 e. The molecule has 144 valence electrons. The average molecular weight is 494 g/mol. The van der Waals surface area contributed by atoms with E-state index in [1.54, 1.807) is 24.3 Å². The number of ether oxygens (including phenoxy) is 1. The van der Waals surface area contributed by atoms with Crippen molar-refractivity contribution in [2.75, 3.05) is 33.3 Å². The van der Waals surface area contributed by atoms with Crippen LogP contribution in [0, 0.1) is 0 Å². The maximum Gasteiger partial charge on any atom is 0.193 e. The summed E-state index contributed by atoms with van der Waals surface area (Å²) in [7, 11) is 1.92. The highest BCUT2D eigenvalue weighted by atomic mass is 127. The number of nitrogens with one attached hydrogen (secondary N) is 1. The lowest BCUT2D eigenvalue weighted by Crippen LogP contribution is -2.41. The zero-order valence-corrected chi connectivity index (χ0v) is 18.0. The van der Waals surface area contributed by atoms with E-state index in [1.807, 2.05) is 31.0 Å². The van der Waals surface area contributed by atoms with E-state index in [1.165, 1.54) is 6.26 Å². The Kier molecular flexibility index (Phi) is 10.5. The van der Waals surface area contributed by atoms with E-state index in [0.29, 0.717) is 29.9 Å². The molecule has 2 N–H and O–H groups in total. The van der Waals surface area contributed by atoms with E-state index in [0.717, 1.165) is 12.3 Å². The highest BCUT2D eigenvalue weighted by Gasteiger charge is 2.11. The van der Waals surface area contributed by atoms with Gasteiger partial charge in [-0.2, -0.15) is 0 Å². The molecule has 0 amide bonds. The summed E-state index contributed by atoms with van der Waals surface area (Å²) in [6.45, 7) is 4.10. The normalized spacial score (nSPS) is 12.2. The first-order valence-corrected chi connectivity index (χ1v) is 8.57. The predicted molar refractivity (Wildman–Crippen MR) is 115 cm³/mol. The molecular weight excluding hydrogens is 469 g/mol. The van der Waals surface area contributed by atoms with Crippen LogP contribution in [0.1, 0.15) is 18.8 Å². The summed E-state index contributed by atoms with van der Waals surface area (Å²) in [6.07, 6.45) is 0.774. The van der Waals surface area contributed by atoms with Crippen molar-refractivity contribution in [1.82, 2.24) is 10.2 Å². The molecule has 0 aliphatic heterocycles. The van der Waals surface area contributed by atoms with Gasteiger partial charge in [-0.05, 0) is 43.3 Å². The number of likely N-dealkylation sites (N-methyl/N-ethyl adjacent to an activating group) is 1. The maximum atomic E-state index is 10.1. The number of furan rings is 1. The monoisotopic (exact) mass is 493 g/mol. The molecule has 2 rings (SSSR count). The van der Waals surface area contributed by atoms with Crippen LogP contribution in [0.4, 0.5) is 0 Å². The average Bonchev–Trinajstić information content (AvgIpc) is 3.14. The van der Waals surface area contributed by atoms with Gasteiger partial charge in [-0.25, -0.2) is 4.99 Å². The molecule has 0 bridgehead atoms. The van der Waals surface area contributed by atoms with Gasteiger partial charge < -0.3 is 24.5 Å². The van der Waals surface area contributed by atoms with Gasteiger partial charge in [0.2, 0.25) is 0 Å². The molecule has 0 fully saturated rings. The first-order chi connectivity index (χ1) is 12.1. The first kappa shape index (κ1) is 22.6. The second-order valence-electron chi connectivity index (χ2n) is 5.45. The number of nitrogens with zero attached hydrogens (tertiary/aromatic N) is 2. The lowest BCUT2D eigenvalue weighted by molar-refractivity contribution is 0.158. The van der Waals surface area contributed by atoms with Crippen molar-refractivity contribution in [1.29, 1.82) is 0 Å². The van der Waals surface area contributed by atoms with E-state index >= 15 is 0 Å². The highest BCUT2D eigenvalue weighted by Crippen LogP contribution is 2.15. The number of hydrogen-bond donors (Lipinski definition) is 2. The third-order valence-electron chi connectivity index (χ3n) is 3.49. The van der Waals surface area contributed by atoms with Gasteiger partial charge in [0.25, 0.3) is 0 Å². The Morgan fingerprint density at radius 3 is 2.69 bits per heavy atom. The van der Waals surface area contributed by atoms with Crippen LogP contribution in [0.5, 0.6) is 5.75 Å². The SMILES string of the molecule is CCNC(=NCC(O)c1ccco1)N(C)CCOc1ccc(Cl)cc1.I. The Morgan fingerprint density at radius 2 is 2.08 bits per heavy atom. The first-order valence-electron chi connectivity index (χ1n) is 8.19. The summed E-state index contributed by atoms with van der Waals surface area (Å²) >= 11 is 5.85. The molecule has 1 unspecified atom stereocenters. The highest BCUT2D eigenvalue weighted by molar-refractivity contribution is 14.0. The van der Waals surface area contributed by atoms with Crippen molar-refractivity contribution in [3.8, 4) is 5.75 Å². The molecule has 0 aliphatic rings. The van der Waals surface area contributed by atoms with E-state index in [2.05, 4.69) is 10.3 Å². The standard InChI is InChI=1S/C18H24ClN3O3.HI/c1-3-20-18(21-13-16(23)17-5-4-11-25-17)22(2)10-12-24-15-8-6-14(19)7-9-15;/h4-9,11,16,23H,3,10,12-13H2,1-2H3,(H,20,21);1H. The van der Waals surface area contributed by atoms with Gasteiger partial charge in [0.05, 0.1) is 19.4 Å². The van der Waals surface area contributed by atoms with E-state index in [-0.39, 0.29) is 30.5 Å². The molecule has 8 heteroatoms. The minimum absolute atomic E-state index is 0. The molecule has 1 aromatic heterocycles. The van der Waals surface area contributed by atoms with Gasteiger partial charge in [-0.3, -0.25) is 0 Å². The summed E-state index contributed by atoms with van der Waals surface area (Å²) in [4.78, 5) is 6.41. The van der Waals surface area contributed by atoms with Gasteiger partial charge >= 0.3 is 0 Å². The summed E-state index contributed by atoms with van der Waals surface area (Å²) in [5.41, 5.74) is 0. The molecule has 0 spiro atoms. The van der Waals surface area contributed by atoms with Crippen molar-refractivity contribution in [3.63, 3.8) is 0 Å². The van der Waals surface area contributed by atoms with Crippen molar-refractivity contribution in [3.05, 3.63) is 53.4 Å². The van der Waals surface area contributed by atoms with Crippen molar-refractivity contribution >= 4 is 41.5 Å². The van der Waals surface area contributed by atoms with Crippen molar-refractivity contribution in [2.24, 2.45) is 4.99 Å². The van der Waals surface area contributed by atoms with Gasteiger partial charge in [0, 0.05) is 18.6 Å². The minimum atomic E-state index is -0.762. The van der Waals surface area contributed by atoms with E-state index in [9.17, 15) is 5.11 Å². The molecule has 0 radical (unpaired) electrons. The molecule has 2 aromatic rings. The predicted octanol–water partition coefficient (Wildman–Crippen LogP) is 3.56. The fourth-order valence-corrected chi connectivity index (χ4v) is 2.28. The number of guanidine groups is 1. The molecule has 1 heterocycles. The quantitative estimate of drug-likeness (QED) is 0.334. The van der Waals surface area contributed by atoms with Gasteiger partial charge in [0.15, 0.2) is 5.96 Å². The number of hydrogen-bond acceptors (Lipinski definition) is 4. The number of rotatable bonds is 8. The Bertz CT molecular complexity index is 650. The fraction of sp³-hybridized carbons (Fsp3) is 0.389. The van der Waals surface area contributed by atoms with Crippen LogP contribution in [0.25, 0.3) is 0 Å². The summed E-state index contributed by atoms with van der Waals surface area (Å²) in [5.74, 6) is 1.98. The van der Waals surface area contributed by atoms with Crippen LogP contribution in [0.3, 0.4) is 0 Å². The van der Waals surface area contributed by atoms with Crippen molar-refractivity contribution in [2.45, 2.75) is 13.0 Å². The Labute approximate surface area is 176 Å². The molecule has 1 atom stereocenters. The van der Waals surface area contributed by atoms with Crippen LogP contribution in [0.2, 0.25) is 5.02 Å². The van der Waals surface area contributed by atoms with Crippen LogP contribution in [-0.2, 0) is 0 Å². The third-order valence-corrected chi connectivity index (χ3v) is 3.74. The second-order valence-corrected chi connectivity index (χ2v) is 5.89. The molecular formula is C18H25ClIN3O3. The van der Waals surface area contributed by atoms with E-state index in [4.69, 9.17) is 20.8 Å². The summed E-state index contributed by atoms with van der Waals surface area (Å²) < 4.78 is 10.9. The Morgan fingerprint density at radius 1 is 1.35 bits per heavy atom. The number of aliphatic hydroxyl groups excluding tert-OH is 1. The molecule has 1 aromatic carbocycles. The lowest BCUT2D eigenvalue weighted by atomic mass is 10.3. The molecule has 0 saturated heterocycles. The number of halogens is 2.